The maximum absolute atomic E-state index is 12.3. The van der Waals surface area contributed by atoms with Crippen molar-refractivity contribution in [3.05, 3.63) is 64.7 Å². The Balaban J connectivity index is 1.55. The lowest BCUT2D eigenvalue weighted by Crippen LogP contribution is -2.30. The maximum atomic E-state index is 12.3. The molecule has 4 rings (SSSR count). The van der Waals surface area contributed by atoms with Gasteiger partial charge in [-0.2, -0.15) is 5.10 Å². The van der Waals surface area contributed by atoms with Crippen LogP contribution in [0.3, 0.4) is 0 Å². The van der Waals surface area contributed by atoms with Crippen molar-refractivity contribution >= 4 is 32.6 Å². The Kier molecular flexibility index (Phi) is 4.05. The van der Waals surface area contributed by atoms with Crippen LogP contribution in [0.5, 0.6) is 0 Å². The smallest absolute Gasteiger partial charge is 0.267 e. The fourth-order valence-corrected chi connectivity index (χ4v) is 3.47. The Labute approximate surface area is 151 Å². The number of fused-ring (bicyclic) bond motifs is 1. The molecule has 0 atom stereocenters. The van der Waals surface area contributed by atoms with E-state index in [2.05, 4.69) is 20.5 Å². The van der Waals surface area contributed by atoms with Crippen molar-refractivity contribution in [3.8, 4) is 5.82 Å². The van der Waals surface area contributed by atoms with E-state index in [0.29, 0.717) is 10.9 Å². The van der Waals surface area contributed by atoms with Gasteiger partial charge in [-0.05, 0) is 30.7 Å². The number of benzene rings is 1. The lowest BCUT2D eigenvalue weighted by molar-refractivity contribution is -0.117. The summed E-state index contributed by atoms with van der Waals surface area (Å²) in [5, 5.41) is 11.5. The number of carbonyl (C=O) groups excluding carboxylic acids is 1. The zero-order valence-electron chi connectivity index (χ0n) is 13.8. The first-order valence-electron chi connectivity index (χ1n) is 7.84. The molecule has 8 nitrogen and oxygen atoms in total. The Morgan fingerprint density at radius 3 is 2.88 bits per heavy atom. The zero-order valence-corrected chi connectivity index (χ0v) is 14.6. The minimum Gasteiger partial charge on any atom is -0.300 e. The number of nitrogens with zero attached hydrogens (tertiary/aromatic N) is 5. The van der Waals surface area contributed by atoms with Crippen LogP contribution < -0.4 is 10.9 Å². The van der Waals surface area contributed by atoms with E-state index in [9.17, 15) is 9.59 Å². The number of amides is 1. The van der Waals surface area contributed by atoms with E-state index in [1.165, 1.54) is 22.1 Å². The third kappa shape index (κ3) is 3.11. The normalized spacial score (nSPS) is 11.0. The van der Waals surface area contributed by atoms with E-state index in [1.807, 2.05) is 25.1 Å². The van der Waals surface area contributed by atoms with Gasteiger partial charge in [0.15, 0.2) is 10.9 Å². The SMILES string of the molecule is Cc1cccc2sc(NC(=O)Cn3nc(-n4cccn4)ccc3=O)nc12. The number of aromatic nitrogens is 5. The molecule has 0 aliphatic carbocycles. The summed E-state index contributed by atoms with van der Waals surface area (Å²) in [7, 11) is 0. The lowest BCUT2D eigenvalue weighted by atomic mass is 10.2. The molecule has 1 N–H and O–H groups in total. The number of hydrogen-bond acceptors (Lipinski definition) is 6. The van der Waals surface area contributed by atoms with E-state index in [0.717, 1.165) is 20.5 Å². The molecule has 0 unspecified atom stereocenters. The van der Waals surface area contributed by atoms with Gasteiger partial charge in [0.25, 0.3) is 5.56 Å². The van der Waals surface area contributed by atoms with E-state index >= 15 is 0 Å². The molecule has 0 spiro atoms. The minimum absolute atomic E-state index is 0.206. The predicted octanol–water partition coefficient (Wildman–Crippen LogP) is 1.99. The van der Waals surface area contributed by atoms with Gasteiger partial charge in [0.2, 0.25) is 5.91 Å². The summed E-state index contributed by atoms with van der Waals surface area (Å²) in [6.07, 6.45) is 3.32. The van der Waals surface area contributed by atoms with Gasteiger partial charge < -0.3 is 5.32 Å². The van der Waals surface area contributed by atoms with Crippen LogP contribution in [0.2, 0.25) is 0 Å². The molecule has 1 amide bonds. The summed E-state index contributed by atoms with van der Waals surface area (Å²) < 4.78 is 3.62. The highest BCUT2D eigenvalue weighted by atomic mass is 32.1. The summed E-state index contributed by atoms with van der Waals surface area (Å²) in [5.41, 5.74) is 1.55. The Morgan fingerprint density at radius 1 is 1.23 bits per heavy atom. The van der Waals surface area contributed by atoms with Crippen LogP contribution in [0.25, 0.3) is 16.0 Å². The zero-order chi connectivity index (χ0) is 18.1. The van der Waals surface area contributed by atoms with E-state index in [-0.39, 0.29) is 18.0 Å². The highest BCUT2D eigenvalue weighted by molar-refractivity contribution is 7.22. The number of carbonyl (C=O) groups is 1. The van der Waals surface area contributed by atoms with Crippen LogP contribution >= 0.6 is 11.3 Å². The highest BCUT2D eigenvalue weighted by Gasteiger charge is 2.11. The van der Waals surface area contributed by atoms with Crippen LogP contribution in [0, 0.1) is 6.92 Å². The Morgan fingerprint density at radius 2 is 2.12 bits per heavy atom. The molecule has 0 fully saturated rings. The molecule has 9 heteroatoms. The van der Waals surface area contributed by atoms with Crippen LogP contribution in [0.1, 0.15) is 5.56 Å². The molecule has 4 aromatic rings. The van der Waals surface area contributed by atoms with Crippen LogP contribution in [0.4, 0.5) is 5.13 Å². The summed E-state index contributed by atoms with van der Waals surface area (Å²) in [6.45, 7) is 1.76. The van der Waals surface area contributed by atoms with Crippen molar-refractivity contribution in [3.63, 3.8) is 0 Å². The average Bonchev–Trinajstić information content (AvgIpc) is 3.27. The molecule has 3 heterocycles. The van der Waals surface area contributed by atoms with Crippen molar-refractivity contribution < 1.29 is 4.79 Å². The minimum atomic E-state index is -0.367. The van der Waals surface area contributed by atoms with E-state index in [4.69, 9.17) is 0 Å². The lowest BCUT2D eigenvalue weighted by Gasteiger charge is -2.06. The van der Waals surface area contributed by atoms with Gasteiger partial charge in [-0.3, -0.25) is 9.59 Å². The number of aryl methyl sites for hydroxylation is 1. The first-order chi connectivity index (χ1) is 12.6. The van der Waals surface area contributed by atoms with Gasteiger partial charge in [-0.15, -0.1) is 5.10 Å². The van der Waals surface area contributed by atoms with Crippen molar-refractivity contribution in [2.75, 3.05) is 5.32 Å². The molecular formula is C17H14N6O2S. The number of para-hydroxylation sites is 1. The summed E-state index contributed by atoms with van der Waals surface area (Å²) in [4.78, 5) is 28.8. The van der Waals surface area contributed by atoms with Crippen LogP contribution in [-0.2, 0) is 11.3 Å². The van der Waals surface area contributed by atoms with E-state index < -0.39 is 0 Å². The summed E-state index contributed by atoms with van der Waals surface area (Å²) >= 11 is 1.39. The first kappa shape index (κ1) is 16.2. The Hall–Kier alpha value is -3.33. The van der Waals surface area contributed by atoms with Gasteiger partial charge in [0, 0.05) is 18.5 Å². The third-order valence-electron chi connectivity index (χ3n) is 3.75. The molecule has 0 aliphatic rings. The first-order valence-corrected chi connectivity index (χ1v) is 8.66. The molecule has 3 aromatic heterocycles. The molecule has 0 bridgehead atoms. The van der Waals surface area contributed by atoms with Crippen LogP contribution in [0.15, 0.2) is 53.6 Å². The molecule has 130 valence electrons. The van der Waals surface area contributed by atoms with Gasteiger partial charge >= 0.3 is 0 Å². The second kappa shape index (κ2) is 6.52. The number of anilines is 1. The average molecular weight is 366 g/mol. The third-order valence-corrected chi connectivity index (χ3v) is 4.69. The molecule has 0 aliphatic heterocycles. The second-order valence-corrected chi connectivity index (χ2v) is 6.66. The molecular weight excluding hydrogens is 352 g/mol. The van der Waals surface area contributed by atoms with Gasteiger partial charge in [0.1, 0.15) is 6.54 Å². The Bertz CT molecular complexity index is 1150. The molecule has 0 saturated heterocycles. The quantitative estimate of drug-likeness (QED) is 0.596. The summed E-state index contributed by atoms with van der Waals surface area (Å²) in [6, 6.07) is 10.5. The van der Waals surface area contributed by atoms with Crippen molar-refractivity contribution in [2.24, 2.45) is 0 Å². The predicted molar refractivity (Wildman–Crippen MR) is 98.6 cm³/mol. The second-order valence-electron chi connectivity index (χ2n) is 5.63. The highest BCUT2D eigenvalue weighted by Crippen LogP contribution is 2.27. The van der Waals surface area contributed by atoms with Crippen molar-refractivity contribution in [2.45, 2.75) is 13.5 Å². The number of nitrogens with one attached hydrogen (secondary N) is 1. The fraction of sp³-hybridized carbons (Fsp3) is 0.118. The maximum Gasteiger partial charge on any atom is 0.267 e. The van der Waals surface area contributed by atoms with Crippen molar-refractivity contribution in [1.29, 1.82) is 0 Å². The van der Waals surface area contributed by atoms with Gasteiger partial charge in [0.05, 0.1) is 10.2 Å². The van der Waals surface area contributed by atoms with E-state index in [1.54, 1.807) is 24.5 Å². The molecule has 0 saturated carbocycles. The molecule has 1 aromatic carbocycles. The number of thiazole rings is 1. The van der Waals surface area contributed by atoms with Crippen LogP contribution in [-0.4, -0.2) is 30.5 Å². The topological polar surface area (TPSA) is 94.7 Å². The fourth-order valence-electron chi connectivity index (χ4n) is 2.51. The van der Waals surface area contributed by atoms with Crippen molar-refractivity contribution in [1.82, 2.24) is 24.5 Å². The van der Waals surface area contributed by atoms with Gasteiger partial charge in [-0.1, -0.05) is 23.5 Å². The number of hydrogen-bond donors (Lipinski definition) is 1. The molecule has 26 heavy (non-hydrogen) atoms. The monoisotopic (exact) mass is 366 g/mol. The molecule has 0 radical (unpaired) electrons. The van der Waals surface area contributed by atoms with Gasteiger partial charge in [-0.25, -0.2) is 14.3 Å². The largest absolute Gasteiger partial charge is 0.300 e. The number of rotatable bonds is 4. The standard InChI is InChI=1S/C17H14N6O2S/c1-11-4-2-5-12-16(11)20-17(26-12)19-14(24)10-23-15(25)7-6-13(21-23)22-9-3-8-18-22/h2-9H,10H2,1H3,(H,19,20,24). The summed E-state index contributed by atoms with van der Waals surface area (Å²) in [5.74, 6) is 0.0898.